The molecule has 1 fully saturated rings. The van der Waals surface area contributed by atoms with Crippen LogP contribution in [0.15, 0.2) is 6.07 Å². The number of rotatable bonds is 4. The number of amides is 1. The molecule has 35 heavy (non-hydrogen) atoms. The van der Waals surface area contributed by atoms with Crippen molar-refractivity contribution in [2.75, 3.05) is 30.8 Å². The molecule has 0 radical (unpaired) electrons. The average Bonchev–Trinajstić information content (AvgIpc) is 3.29. The van der Waals surface area contributed by atoms with Crippen LogP contribution in [0.1, 0.15) is 45.8 Å². The number of hydrogen-bond donors (Lipinski definition) is 3. The van der Waals surface area contributed by atoms with E-state index in [1.54, 1.807) is 13.2 Å². The van der Waals surface area contributed by atoms with Crippen LogP contribution in [0.2, 0.25) is 0 Å². The van der Waals surface area contributed by atoms with Crippen LogP contribution in [-0.2, 0) is 17.6 Å². The molecule has 0 bridgehead atoms. The standard InChI is InChI=1S/C24H30FN7O2S/c1-11-18-19(27)20(35-23(18)29-12(2)28-11)22(33)30-14-5-6-16-13(7-14)8-15(25)21(31-16)32-9-17(26)24(3,10-32)34-4/h8,14,17H,5-7,9-10,26-27H2,1-4H3,(H,30,33). The van der Waals surface area contributed by atoms with Crippen LogP contribution in [0.4, 0.5) is 15.9 Å². The number of nitrogens with two attached hydrogens (primary N) is 2. The molecular weight excluding hydrogens is 469 g/mol. The topological polar surface area (TPSA) is 132 Å². The number of carbonyl (C=O) groups is 1. The van der Waals surface area contributed by atoms with Crippen LogP contribution in [0.3, 0.4) is 0 Å². The molecule has 11 heteroatoms. The minimum Gasteiger partial charge on any atom is -0.397 e. The van der Waals surface area contributed by atoms with Crippen molar-refractivity contribution in [1.82, 2.24) is 20.3 Å². The fraction of sp³-hybridized carbons (Fsp3) is 0.500. The predicted molar refractivity (Wildman–Crippen MR) is 134 cm³/mol. The summed E-state index contributed by atoms with van der Waals surface area (Å²) in [6.07, 6.45) is 1.85. The van der Waals surface area contributed by atoms with E-state index in [0.717, 1.165) is 22.3 Å². The van der Waals surface area contributed by atoms with Crippen molar-refractivity contribution in [3.05, 3.63) is 39.5 Å². The molecular formula is C24H30FN7O2S. The lowest BCUT2D eigenvalue weighted by Gasteiger charge is -2.28. The maximum Gasteiger partial charge on any atom is 0.263 e. The first-order valence-corrected chi connectivity index (χ1v) is 12.5. The average molecular weight is 500 g/mol. The van der Waals surface area contributed by atoms with Gasteiger partial charge < -0.3 is 26.4 Å². The van der Waals surface area contributed by atoms with Gasteiger partial charge in [0.05, 0.1) is 28.4 Å². The van der Waals surface area contributed by atoms with Crippen LogP contribution < -0.4 is 21.7 Å². The highest BCUT2D eigenvalue weighted by atomic mass is 32.1. The largest absolute Gasteiger partial charge is 0.397 e. The van der Waals surface area contributed by atoms with Crippen LogP contribution in [-0.4, -0.2) is 58.7 Å². The molecule has 9 nitrogen and oxygen atoms in total. The van der Waals surface area contributed by atoms with Crippen LogP contribution >= 0.6 is 11.3 Å². The summed E-state index contributed by atoms with van der Waals surface area (Å²) in [6, 6.07) is 1.17. The van der Waals surface area contributed by atoms with E-state index >= 15 is 4.39 Å². The number of hydrogen-bond acceptors (Lipinski definition) is 9. The Kier molecular flexibility index (Phi) is 5.89. The molecule has 1 aliphatic heterocycles. The molecule has 3 aromatic rings. The molecule has 5 rings (SSSR count). The second kappa shape index (κ2) is 8.65. The van der Waals surface area contributed by atoms with Gasteiger partial charge in [-0.2, -0.15) is 0 Å². The Morgan fingerprint density at radius 2 is 2.11 bits per heavy atom. The Bertz CT molecular complexity index is 1330. The van der Waals surface area contributed by atoms with Gasteiger partial charge in [0.15, 0.2) is 11.6 Å². The quantitative estimate of drug-likeness (QED) is 0.498. The zero-order valence-electron chi connectivity index (χ0n) is 20.3. The lowest BCUT2D eigenvalue weighted by atomic mass is 9.91. The number of thiophene rings is 1. The van der Waals surface area contributed by atoms with Crippen LogP contribution in [0.25, 0.3) is 10.2 Å². The second-order valence-corrected chi connectivity index (χ2v) is 10.7. The van der Waals surface area contributed by atoms with Crippen molar-refractivity contribution in [3.63, 3.8) is 0 Å². The summed E-state index contributed by atoms with van der Waals surface area (Å²) in [7, 11) is 1.62. The van der Waals surface area contributed by atoms with E-state index in [4.69, 9.17) is 16.2 Å². The lowest BCUT2D eigenvalue weighted by Crippen LogP contribution is -2.45. The number of fused-ring (bicyclic) bond motifs is 2. The number of nitrogens with zero attached hydrogens (tertiary/aromatic N) is 4. The van der Waals surface area contributed by atoms with E-state index in [1.807, 2.05) is 25.7 Å². The fourth-order valence-corrected chi connectivity index (χ4v) is 6.18. The molecule has 0 aromatic carbocycles. The number of pyridine rings is 1. The van der Waals surface area contributed by atoms with Gasteiger partial charge in [0.2, 0.25) is 0 Å². The van der Waals surface area contributed by atoms with E-state index in [0.29, 0.717) is 59.4 Å². The van der Waals surface area contributed by atoms with Gasteiger partial charge in [0.25, 0.3) is 5.91 Å². The van der Waals surface area contributed by atoms with Crippen LogP contribution in [0.5, 0.6) is 0 Å². The second-order valence-electron chi connectivity index (χ2n) is 9.70. The molecule has 0 spiro atoms. The Hall–Kier alpha value is -2.89. The Labute approximate surface area is 207 Å². The number of aromatic nitrogens is 3. The highest BCUT2D eigenvalue weighted by Crippen LogP contribution is 2.35. The fourth-order valence-electron chi connectivity index (χ4n) is 5.09. The number of nitrogens with one attached hydrogen (secondary N) is 1. The van der Waals surface area contributed by atoms with Crippen LogP contribution in [0, 0.1) is 19.7 Å². The number of ether oxygens (including phenoxy) is 1. The van der Waals surface area contributed by atoms with Crippen molar-refractivity contribution < 1.29 is 13.9 Å². The van der Waals surface area contributed by atoms with Gasteiger partial charge in [0, 0.05) is 31.9 Å². The summed E-state index contributed by atoms with van der Waals surface area (Å²) in [5, 5.41) is 3.80. The van der Waals surface area contributed by atoms with Gasteiger partial charge in [-0.15, -0.1) is 11.3 Å². The third kappa shape index (κ3) is 4.11. The van der Waals surface area contributed by atoms with E-state index < -0.39 is 5.60 Å². The lowest BCUT2D eigenvalue weighted by molar-refractivity contribution is 0.0128. The Morgan fingerprint density at radius 1 is 1.34 bits per heavy atom. The summed E-state index contributed by atoms with van der Waals surface area (Å²) < 4.78 is 20.7. The number of anilines is 2. The van der Waals surface area contributed by atoms with Crippen molar-refractivity contribution in [1.29, 1.82) is 0 Å². The molecule has 3 unspecified atom stereocenters. The van der Waals surface area contributed by atoms with E-state index in [9.17, 15) is 4.79 Å². The smallest absolute Gasteiger partial charge is 0.263 e. The van der Waals surface area contributed by atoms with Gasteiger partial charge in [-0.1, -0.05) is 0 Å². The number of aryl methyl sites for hydroxylation is 3. The SMILES string of the molecule is COC1(C)CN(c2nc3c(cc2F)CC(NC(=O)c2sc4nc(C)nc(C)c4c2N)CC3)CC1N. The summed E-state index contributed by atoms with van der Waals surface area (Å²) in [4.78, 5) is 29.5. The minimum absolute atomic E-state index is 0.141. The Balaban J connectivity index is 1.33. The molecule has 3 aromatic heterocycles. The molecule has 1 aliphatic carbocycles. The van der Waals surface area contributed by atoms with Crippen molar-refractivity contribution >= 4 is 39.0 Å². The minimum atomic E-state index is -0.545. The van der Waals surface area contributed by atoms with Gasteiger partial charge in [-0.3, -0.25) is 4.79 Å². The summed E-state index contributed by atoms with van der Waals surface area (Å²) in [5.41, 5.74) is 14.8. The summed E-state index contributed by atoms with van der Waals surface area (Å²) in [5.74, 6) is 0.323. The van der Waals surface area contributed by atoms with E-state index in [2.05, 4.69) is 20.3 Å². The molecule has 2 aliphatic rings. The van der Waals surface area contributed by atoms with E-state index in [-0.39, 0.29) is 23.8 Å². The van der Waals surface area contributed by atoms with Gasteiger partial charge >= 0.3 is 0 Å². The normalized spacial score (nSPS) is 24.1. The van der Waals surface area contributed by atoms with Crippen molar-refractivity contribution in [2.24, 2.45) is 5.73 Å². The predicted octanol–water partition coefficient (Wildman–Crippen LogP) is 2.26. The monoisotopic (exact) mass is 499 g/mol. The highest BCUT2D eigenvalue weighted by Gasteiger charge is 2.42. The third-order valence-electron chi connectivity index (χ3n) is 7.22. The van der Waals surface area contributed by atoms with Crippen molar-refractivity contribution in [2.45, 2.75) is 57.7 Å². The zero-order chi connectivity index (χ0) is 25.1. The molecule has 1 amide bonds. The first kappa shape index (κ1) is 23.8. The number of carbonyl (C=O) groups excluding carboxylic acids is 1. The molecule has 4 heterocycles. The number of nitrogen functional groups attached to an aromatic ring is 1. The number of methoxy groups -OCH3 is 1. The van der Waals surface area contributed by atoms with Gasteiger partial charge in [-0.05, 0) is 51.7 Å². The molecule has 186 valence electrons. The van der Waals surface area contributed by atoms with E-state index in [1.165, 1.54) is 11.3 Å². The zero-order valence-corrected chi connectivity index (χ0v) is 21.1. The van der Waals surface area contributed by atoms with Crippen molar-refractivity contribution in [3.8, 4) is 0 Å². The first-order valence-electron chi connectivity index (χ1n) is 11.7. The summed E-state index contributed by atoms with van der Waals surface area (Å²) in [6.45, 7) is 6.56. The van der Waals surface area contributed by atoms with Gasteiger partial charge in [-0.25, -0.2) is 19.3 Å². The molecule has 0 saturated carbocycles. The molecule has 5 N–H and O–H groups in total. The number of halogens is 1. The highest BCUT2D eigenvalue weighted by molar-refractivity contribution is 7.21. The van der Waals surface area contributed by atoms with Gasteiger partial charge in [0.1, 0.15) is 15.5 Å². The third-order valence-corrected chi connectivity index (χ3v) is 8.31. The maximum atomic E-state index is 15.1. The first-order chi connectivity index (χ1) is 16.6. The molecule has 3 atom stereocenters. The maximum absolute atomic E-state index is 15.1. The summed E-state index contributed by atoms with van der Waals surface area (Å²) >= 11 is 1.27. The Morgan fingerprint density at radius 3 is 2.83 bits per heavy atom. The molecule has 1 saturated heterocycles.